The Morgan fingerprint density at radius 2 is 1.97 bits per heavy atom. The summed E-state index contributed by atoms with van der Waals surface area (Å²) in [6, 6.07) is 15.7. The van der Waals surface area contributed by atoms with Crippen LogP contribution in [0.3, 0.4) is 0 Å². The minimum atomic E-state index is 0.347. The molecule has 0 N–H and O–H groups in total. The van der Waals surface area contributed by atoms with Crippen molar-refractivity contribution in [3.05, 3.63) is 76.0 Å². The largest absolute Gasteiger partial charge is 0.486 e. The average molecular weight is 443 g/mol. The molecule has 0 saturated heterocycles. The van der Waals surface area contributed by atoms with Crippen molar-refractivity contribution in [3.8, 4) is 16.3 Å². The fourth-order valence-electron chi connectivity index (χ4n) is 2.70. The number of aromatic nitrogens is 4. The lowest BCUT2D eigenvalue weighted by Crippen LogP contribution is -2.04. The van der Waals surface area contributed by atoms with Crippen molar-refractivity contribution in [2.24, 2.45) is 7.05 Å². The summed E-state index contributed by atoms with van der Waals surface area (Å²) in [4.78, 5) is 4.76. The predicted molar refractivity (Wildman–Crippen MR) is 119 cm³/mol. The molecular formula is C21H19ClN4OS2. The second-order valence-corrected chi connectivity index (χ2v) is 8.74. The molecule has 0 aliphatic rings. The van der Waals surface area contributed by atoms with Gasteiger partial charge in [0.25, 0.3) is 0 Å². The molecule has 29 heavy (non-hydrogen) atoms. The number of ether oxygens (including phenoxy) is 1. The summed E-state index contributed by atoms with van der Waals surface area (Å²) in [7, 11) is 1.95. The summed E-state index contributed by atoms with van der Waals surface area (Å²) in [6.07, 6.45) is 0. The van der Waals surface area contributed by atoms with E-state index in [2.05, 4.69) is 46.8 Å². The fraction of sp³-hybridized carbons (Fsp3) is 0.190. The Bertz CT molecular complexity index is 1110. The smallest absolute Gasteiger partial charge is 0.191 e. The van der Waals surface area contributed by atoms with Gasteiger partial charge in [-0.05, 0) is 37.3 Å². The molecule has 148 valence electrons. The molecule has 0 saturated carbocycles. The van der Waals surface area contributed by atoms with Crippen LogP contribution in [0.1, 0.15) is 17.1 Å². The van der Waals surface area contributed by atoms with E-state index in [-0.39, 0.29) is 0 Å². The number of rotatable bonds is 7. The molecule has 0 amide bonds. The van der Waals surface area contributed by atoms with Crippen LogP contribution in [-0.4, -0.2) is 19.7 Å². The maximum Gasteiger partial charge on any atom is 0.191 e. The van der Waals surface area contributed by atoms with Crippen molar-refractivity contribution in [3.63, 3.8) is 0 Å². The van der Waals surface area contributed by atoms with Gasteiger partial charge < -0.3 is 9.30 Å². The molecule has 0 aliphatic carbocycles. The normalized spacial score (nSPS) is 11.0. The lowest BCUT2D eigenvalue weighted by Gasteiger charge is -2.06. The number of thioether (sulfide) groups is 1. The highest BCUT2D eigenvalue weighted by atomic mass is 35.5. The molecule has 2 heterocycles. The van der Waals surface area contributed by atoms with Gasteiger partial charge in [0.05, 0.1) is 5.69 Å². The molecule has 8 heteroatoms. The maximum atomic E-state index is 5.90. The van der Waals surface area contributed by atoms with Gasteiger partial charge in [-0.15, -0.1) is 21.5 Å². The molecule has 2 aromatic carbocycles. The van der Waals surface area contributed by atoms with E-state index in [1.54, 1.807) is 35.2 Å². The van der Waals surface area contributed by atoms with Crippen molar-refractivity contribution in [2.45, 2.75) is 24.4 Å². The predicted octanol–water partition coefficient (Wildman–Crippen LogP) is 5.77. The van der Waals surface area contributed by atoms with Crippen LogP contribution in [0.15, 0.2) is 59.1 Å². The molecule has 0 aliphatic heterocycles. The third-order valence-corrected chi connectivity index (χ3v) is 6.52. The first-order valence-electron chi connectivity index (χ1n) is 8.99. The quantitative estimate of drug-likeness (QED) is 0.340. The third-order valence-electron chi connectivity index (χ3n) is 4.27. The molecule has 4 aromatic rings. The van der Waals surface area contributed by atoms with Crippen LogP contribution in [0.4, 0.5) is 0 Å². The zero-order valence-electron chi connectivity index (χ0n) is 16.0. The van der Waals surface area contributed by atoms with Crippen LogP contribution < -0.4 is 4.74 Å². The van der Waals surface area contributed by atoms with Gasteiger partial charge in [0.2, 0.25) is 0 Å². The van der Waals surface area contributed by atoms with E-state index in [4.69, 9.17) is 21.3 Å². The van der Waals surface area contributed by atoms with Crippen molar-refractivity contribution in [1.82, 2.24) is 19.7 Å². The van der Waals surface area contributed by atoms with Crippen LogP contribution in [0, 0.1) is 6.92 Å². The molecule has 0 radical (unpaired) electrons. The van der Waals surface area contributed by atoms with E-state index in [0.29, 0.717) is 11.6 Å². The van der Waals surface area contributed by atoms with E-state index >= 15 is 0 Å². The van der Waals surface area contributed by atoms with E-state index < -0.39 is 0 Å². The molecule has 5 nitrogen and oxygen atoms in total. The van der Waals surface area contributed by atoms with Gasteiger partial charge in [-0.1, -0.05) is 47.1 Å². The number of halogens is 1. The standard InChI is InChI=1S/C21H19ClN4OS2/c1-14-4-3-5-15(10-14)20-23-17(12-28-20)13-29-21-25-24-19(26(21)2)11-27-18-8-6-16(22)7-9-18/h3-10,12H,11,13H2,1-2H3. The zero-order chi connectivity index (χ0) is 20.2. The van der Waals surface area contributed by atoms with E-state index in [1.807, 2.05) is 23.7 Å². The molecule has 0 fully saturated rings. The van der Waals surface area contributed by atoms with Crippen LogP contribution in [-0.2, 0) is 19.4 Å². The lowest BCUT2D eigenvalue weighted by atomic mass is 10.1. The monoisotopic (exact) mass is 442 g/mol. The molecule has 0 atom stereocenters. The summed E-state index contributed by atoms with van der Waals surface area (Å²) in [5.74, 6) is 2.26. The molecule has 0 spiro atoms. The number of hydrogen-bond donors (Lipinski definition) is 0. The first-order valence-corrected chi connectivity index (χ1v) is 11.2. The van der Waals surface area contributed by atoms with Gasteiger partial charge >= 0.3 is 0 Å². The van der Waals surface area contributed by atoms with Crippen LogP contribution in [0.2, 0.25) is 5.02 Å². The van der Waals surface area contributed by atoms with Crippen LogP contribution >= 0.6 is 34.7 Å². The number of benzene rings is 2. The van der Waals surface area contributed by atoms with Crippen LogP contribution in [0.25, 0.3) is 10.6 Å². The van der Waals surface area contributed by atoms with Crippen molar-refractivity contribution in [2.75, 3.05) is 0 Å². The number of hydrogen-bond acceptors (Lipinski definition) is 6. The van der Waals surface area contributed by atoms with Crippen molar-refractivity contribution < 1.29 is 4.74 Å². The number of aryl methyl sites for hydroxylation is 1. The summed E-state index contributed by atoms with van der Waals surface area (Å²) in [5.41, 5.74) is 3.44. The first kappa shape index (κ1) is 19.9. The third kappa shape index (κ3) is 4.98. The molecule has 0 bridgehead atoms. The van der Waals surface area contributed by atoms with Gasteiger partial charge in [0.1, 0.15) is 17.4 Å². The van der Waals surface area contributed by atoms with E-state index in [0.717, 1.165) is 38.7 Å². The van der Waals surface area contributed by atoms with Gasteiger partial charge in [-0.3, -0.25) is 0 Å². The summed E-state index contributed by atoms with van der Waals surface area (Å²) >= 11 is 9.18. The number of thiazole rings is 1. The Kier molecular flexibility index (Phi) is 6.18. The highest BCUT2D eigenvalue weighted by molar-refractivity contribution is 7.98. The lowest BCUT2D eigenvalue weighted by molar-refractivity contribution is 0.290. The second-order valence-electron chi connectivity index (χ2n) is 6.50. The van der Waals surface area contributed by atoms with Crippen LogP contribution in [0.5, 0.6) is 5.75 Å². The summed E-state index contributed by atoms with van der Waals surface area (Å²) in [6.45, 7) is 2.44. The Morgan fingerprint density at radius 1 is 1.14 bits per heavy atom. The van der Waals surface area contributed by atoms with Gasteiger partial charge in [0, 0.05) is 28.8 Å². The summed E-state index contributed by atoms with van der Waals surface area (Å²) in [5, 5.41) is 13.2. The Morgan fingerprint density at radius 3 is 2.76 bits per heavy atom. The van der Waals surface area contributed by atoms with E-state index in [9.17, 15) is 0 Å². The maximum absolute atomic E-state index is 5.90. The van der Waals surface area contributed by atoms with Gasteiger partial charge in [0.15, 0.2) is 11.0 Å². The van der Waals surface area contributed by atoms with Gasteiger partial charge in [-0.2, -0.15) is 0 Å². The minimum absolute atomic E-state index is 0.347. The molecule has 4 rings (SSSR count). The Balaban J connectivity index is 1.36. The molecule has 0 unspecified atom stereocenters. The Hall–Kier alpha value is -2.35. The van der Waals surface area contributed by atoms with Crippen molar-refractivity contribution in [1.29, 1.82) is 0 Å². The zero-order valence-corrected chi connectivity index (χ0v) is 18.4. The van der Waals surface area contributed by atoms with Crippen molar-refractivity contribution >= 4 is 34.7 Å². The topological polar surface area (TPSA) is 52.8 Å². The molecule has 2 aromatic heterocycles. The average Bonchev–Trinajstić information content (AvgIpc) is 3.33. The van der Waals surface area contributed by atoms with Gasteiger partial charge in [-0.25, -0.2) is 4.98 Å². The SMILES string of the molecule is Cc1cccc(-c2nc(CSc3nnc(COc4ccc(Cl)cc4)n3C)cs2)c1. The number of nitrogens with zero attached hydrogens (tertiary/aromatic N) is 4. The second kappa shape index (κ2) is 8.98. The fourth-order valence-corrected chi connectivity index (χ4v) is 4.57. The highest BCUT2D eigenvalue weighted by Gasteiger charge is 2.12. The first-order chi connectivity index (χ1) is 14.1. The van der Waals surface area contributed by atoms with E-state index in [1.165, 1.54) is 5.56 Å². The molecular weight excluding hydrogens is 424 g/mol. The highest BCUT2D eigenvalue weighted by Crippen LogP contribution is 2.28. The Labute approximate surface area is 182 Å². The minimum Gasteiger partial charge on any atom is -0.486 e. The summed E-state index contributed by atoms with van der Waals surface area (Å²) < 4.78 is 7.72.